The topological polar surface area (TPSA) is 44.0 Å². The molecule has 3 heteroatoms. The Labute approximate surface area is 79.6 Å². The van der Waals surface area contributed by atoms with Gasteiger partial charge in [0.05, 0.1) is 18.2 Å². The zero-order valence-electron chi connectivity index (χ0n) is 6.42. The molecule has 0 saturated heterocycles. The van der Waals surface area contributed by atoms with Gasteiger partial charge < -0.3 is 5.11 Å². The molecular weight excluding hydrogens is 218 g/mol. The molecule has 0 aromatic heterocycles. The van der Waals surface area contributed by atoms with E-state index in [0.717, 1.165) is 11.1 Å². The summed E-state index contributed by atoms with van der Waals surface area (Å²) >= 11 is 3.30. The molecule has 0 aliphatic rings. The van der Waals surface area contributed by atoms with Crippen molar-refractivity contribution in [2.75, 3.05) is 0 Å². The van der Waals surface area contributed by atoms with Gasteiger partial charge in [0.15, 0.2) is 0 Å². The van der Waals surface area contributed by atoms with E-state index in [2.05, 4.69) is 15.9 Å². The van der Waals surface area contributed by atoms with Crippen LogP contribution < -0.4 is 0 Å². The second-order valence-corrected chi connectivity index (χ2v) is 2.95. The van der Waals surface area contributed by atoms with E-state index in [1.165, 1.54) is 0 Å². The molecule has 0 amide bonds. The predicted molar refractivity (Wildman–Crippen MR) is 49.7 cm³/mol. The highest BCUT2D eigenvalue weighted by Crippen LogP contribution is 2.14. The van der Waals surface area contributed by atoms with Crippen LogP contribution in [0, 0.1) is 11.3 Å². The quantitative estimate of drug-likeness (QED) is 0.783. The Bertz CT molecular complexity index is 317. The molecule has 0 fully saturated rings. The molecule has 0 unspecified atom stereocenters. The summed E-state index contributed by atoms with van der Waals surface area (Å²) in [5.41, 5.74) is 2.42. The Morgan fingerprint density at radius 1 is 1.42 bits per heavy atom. The Balaban J connectivity index is 3.13. The van der Waals surface area contributed by atoms with Crippen molar-refractivity contribution < 1.29 is 5.11 Å². The van der Waals surface area contributed by atoms with Gasteiger partial charge >= 0.3 is 0 Å². The Hall–Kier alpha value is -0.850. The maximum atomic E-state index is 8.94. The highest BCUT2D eigenvalue weighted by atomic mass is 79.9. The van der Waals surface area contributed by atoms with Gasteiger partial charge in [0.2, 0.25) is 0 Å². The number of benzene rings is 1. The first kappa shape index (κ1) is 9.24. The van der Waals surface area contributed by atoms with Gasteiger partial charge in [-0.25, -0.2) is 0 Å². The predicted octanol–water partition coefficient (Wildman–Crippen LogP) is 1.95. The zero-order chi connectivity index (χ0) is 8.97. The Kier molecular flexibility index (Phi) is 3.27. The number of nitriles is 1. The molecule has 2 nitrogen and oxygen atoms in total. The molecule has 62 valence electrons. The summed E-state index contributed by atoms with van der Waals surface area (Å²) < 4.78 is 0. The van der Waals surface area contributed by atoms with Crippen LogP contribution in [0.5, 0.6) is 0 Å². The third-order valence-electron chi connectivity index (χ3n) is 1.65. The summed E-state index contributed by atoms with van der Waals surface area (Å²) in [6.07, 6.45) is 0. The van der Waals surface area contributed by atoms with E-state index in [4.69, 9.17) is 10.4 Å². The standard InChI is InChI=1S/C9H8BrNO/c10-4-8-2-1-7(5-11)3-9(8)6-12/h1-3,12H,4,6H2. The monoisotopic (exact) mass is 225 g/mol. The maximum Gasteiger partial charge on any atom is 0.0991 e. The van der Waals surface area contributed by atoms with Crippen molar-refractivity contribution in [3.63, 3.8) is 0 Å². The van der Waals surface area contributed by atoms with E-state index >= 15 is 0 Å². The van der Waals surface area contributed by atoms with Crippen molar-refractivity contribution in [3.8, 4) is 6.07 Å². The molecular formula is C9H8BrNO. The van der Waals surface area contributed by atoms with Crippen molar-refractivity contribution in [2.24, 2.45) is 0 Å². The van der Waals surface area contributed by atoms with Gasteiger partial charge in [0, 0.05) is 5.33 Å². The first-order valence-corrected chi connectivity index (χ1v) is 4.62. The number of aliphatic hydroxyl groups excluding tert-OH is 1. The average molecular weight is 226 g/mol. The van der Waals surface area contributed by atoms with Crippen molar-refractivity contribution in [1.82, 2.24) is 0 Å². The third-order valence-corrected chi connectivity index (χ3v) is 2.25. The first-order valence-electron chi connectivity index (χ1n) is 3.50. The smallest absolute Gasteiger partial charge is 0.0991 e. The molecule has 0 bridgehead atoms. The number of hydrogen-bond donors (Lipinski definition) is 1. The minimum Gasteiger partial charge on any atom is -0.392 e. The fourth-order valence-electron chi connectivity index (χ4n) is 0.973. The minimum absolute atomic E-state index is 0.0174. The molecule has 1 aromatic rings. The molecule has 1 N–H and O–H groups in total. The number of halogens is 1. The van der Waals surface area contributed by atoms with Crippen LogP contribution in [-0.2, 0) is 11.9 Å². The molecule has 0 aliphatic carbocycles. The SMILES string of the molecule is N#Cc1ccc(CBr)c(CO)c1. The van der Waals surface area contributed by atoms with Gasteiger partial charge in [-0.1, -0.05) is 22.0 Å². The molecule has 0 spiro atoms. The normalized spacial score (nSPS) is 9.42. The van der Waals surface area contributed by atoms with E-state index in [1.807, 2.05) is 12.1 Å². The lowest BCUT2D eigenvalue weighted by atomic mass is 10.1. The van der Waals surface area contributed by atoms with Gasteiger partial charge in [-0.2, -0.15) is 5.26 Å². The Morgan fingerprint density at radius 2 is 2.17 bits per heavy atom. The van der Waals surface area contributed by atoms with Crippen LogP contribution in [0.2, 0.25) is 0 Å². The maximum absolute atomic E-state index is 8.94. The summed E-state index contributed by atoms with van der Waals surface area (Å²) in [7, 11) is 0. The van der Waals surface area contributed by atoms with Crippen molar-refractivity contribution in [2.45, 2.75) is 11.9 Å². The molecule has 0 atom stereocenters. The summed E-state index contributed by atoms with van der Waals surface area (Å²) in [6.45, 7) is -0.0174. The molecule has 0 saturated carbocycles. The van der Waals surface area contributed by atoms with Crippen LogP contribution in [-0.4, -0.2) is 5.11 Å². The zero-order valence-corrected chi connectivity index (χ0v) is 8.00. The van der Waals surface area contributed by atoms with Crippen LogP contribution in [0.15, 0.2) is 18.2 Å². The van der Waals surface area contributed by atoms with Crippen LogP contribution in [0.4, 0.5) is 0 Å². The summed E-state index contributed by atoms with van der Waals surface area (Å²) in [6, 6.07) is 7.32. The van der Waals surface area contributed by atoms with Gasteiger partial charge in [0.1, 0.15) is 0 Å². The molecule has 12 heavy (non-hydrogen) atoms. The highest BCUT2D eigenvalue weighted by molar-refractivity contribution is 9.08. The van der Waals surface area contributed by atoms with Gasteiger partial charge in [-0.15, -0.1) is 0 Å². The van der Waals surface area contributed by atoms with E-state index in [-0.39, 0.29) is 6.61 Å². The second kappa shape index (κ2) is 4.24. The largest absolute Gasteiger partial charge is 0.392 e. The minimum atomic E-state index is -0.0174. The van der Waals surface area contributed by atoms with Crippen LogP contribution in [0.1, 0.15) is 16.7 Å². The summed E-state index contributed by atoms with van der Waals surface area (Å²) in [4.78, 5) is 0. The number of aliphatic hydroxyl groups is 1. The Morgan fingerprint density at radius 3 is 2.67 bits per heavy atom. The lowest BCUT2D eigenvalue weighted by Crippen LogP contribution is -1.91. The van der Waals surface area contributed by atoms with Crippen LogP contribution in [0.25, 0.3) is 0 Å². The lowest BCUT2D eigenvalue weighted by Gasteiger charge is -2.03. The number of nitrogens with zero attached hydrogens (tertiary/aromatic N) is 1. The second-order valence-electron chi connectivity index (χ2n) is 2.39. The summed E-state index contributed by atoms with van der Waals surface area (Å²) in [5.74, 6) is 0. The lowest BCUT2D eigenvalue weighted by molar-refractivity contribution is 0.281. The van der Waals surface area contributed by atoms with E-state index in [9.17, 15) is 0 Å². The fraction of sp³-hybridized carbons (Fsp3) is 0.222. The number of hydrogen-bond acceptors (Lipinski definition) is 2. The molecule has 1 aromatic carbocycles. The van der Waals surface area contributed by atoms with Gasteiger partial charge in [-0.05, 0) is 23.3 Å². The van der Waals surface area contributed by atoms with E-state index in [0.29, 0.717) is 10.9 Å². The summed E-state index contributed by atoms with van der Waals surface area (Å²) in [5, 5.41) is 18.2. The molecule has 0 aliphatic heterocycles. The number of alkyl halides is 1. The fourth-order valence-corrected chi connectivity index (χ4v) is 1.52. The van der Waals surface area contributed by atoms with Crippen LogP contribution >= 0.6 is 15.9 Å². The van der Waals surface area contributed by atoms with Crippen LogP contribution in [0.3, 0.4) is 0 Å². The molecule has 0 heterocycles. The molecule has 1 rings (SSSR count). The molecule has 0 radical (unpaired) electrons. The third kappa shape index (κ3) is 1.84. The highest BCUT2D eigenvalue weighted by Gasteiger charge is 2.00. The van der Waals surface area contributed by atoms with Gasteiger partial charge in [-0.3, -0.25) is 0 Å². The van der Waals surface area contributed by atoms with Crippen molar-refractivity contribution in [1.29, 1.82) is 5.26 Å². The van der Waals surface area contributed by atoms with E-state index < -0.39 is 0 Å². The first-order chi connectivity index (χ1) is 5.81. The van der Waals surface area contributed by atoms with Gasteiger partial charge in [0.25, 0.3) is 0 Å². The average Bonchev–Trinajstić information content (AvgIpc) is 2.16. The van der Waals surface area contributed by atoms with E-state index in [1.54, 1.807) is 12.1 Å². The number of rotatable bonds is 2. The van der Waals surface area contributed by atoms with Crippen molar-refractivity contribution in [3.05, 3.63) is 34.9 Å². The van der Waals surface area contributed by atoms with Crippen molar-refractivity contribution >= 4 is 15.9 Å².